The number of allylic oxidation sites excluding steroid dienone is 1. The average molecular weight is 350 g/mol. The number of aromatic hydroxyl groups is 2. The summed E-state index contributed by atoms with van der Waals surface area (Å²) in [6.45, 7) is 5.86. The number of phenolic OH excluding ortho intramolecular Hbond substituents is 2. The van der Waals surface area contributed by atoms with Crippen LogP contribution in [0.1, 0.15) is 19.4 Å². The Labute approximate surface area is 145 Å². The second-order valence-corrected chi connectivity index (χ2v) is 4.79. The van der Waals surface area contributed by atoms with E-state index in [1.54, 1.807) is 12.1 Å². The Bertz CT molecular complexity index is 731. The smallest absolute Gasteiger partial charge is 0.300 e. The Kier molecular flexibility index (Phi) is 9.18. The van der Waals surface area contributed by atoms with E-state index in [9.17, 15) is 10.2 Å². The summed E-state index contributed by atoms with van der Waals surface area (Å²) in [7, 11) is 1.47. The van der Waals surface area contributed by atoms with E-state index in [2.05, 4.69) is 6.58 Å². The maximum atomic E-state index is 9.91. The summed E-state index contributed by atoms with van der Waals surface area (Å²) in [5.41, 5.74) is 0.827. The molecular formula is C18H22O7. The SMILES string of the molecule is C=CCc1c(OC)c(O)c(O)c2ccccc12.CC(=O)O.CC(=O)O. The summed E-state index contributed by atoms with van der Waals surface area (Å²) >= 11 is 0. The topological polar surface area (TPSA) is 124 Å². The second kappa shape index (κ2) is 10.5. The van der Waals surface area contributed by atoms with Crippen LogP contribution >= 0.6 is 0 Å². The number of fused-ring (bicyclic) bond motifs is 1. The molecule has 0 bridgehead atoms. The predicted molar refractivity (Wildman–Crippen MR) is 94.4 cm³/mol. The van der Waals surface area contributed by atoms with Crippen molar-refractivity contribution in [1.29, 1.82) is 0 Å². The molecule has 0 aliphatic carbocycles. The van der Waals surface area contributed by atoms with Crippen LogP contribution in [0.3, 0.4) is 0 Å². The van der Waals surface area contributed by atoms with Gasteiger partial charge in [-0.25, -0.2) is 0 Å². The van der Waals surface area contributed by atoms with Crippen molar-refractivity contribution in [1.82, 2.24) is 0 Å². The Morgan fingerprint density at radius 3 is 1.88 bits per heavy atom. The van der Waals surface area contributed by atoms with Gasteiger partial charge in [0.1, 0.15) is 0 Å². The lowest BCUT2D eigenvalue weighted by Crippen LogP contribution is -1.94. The van der Waals surface area contributed by atoms with Gasteiger partial charge in [0.25, 0.3) is 11.9 Å². The summed E-state index contributed by atoms with van der Waals surface area (Å²) in [5.74, 6) is -1.73. The second-order valence-electron chi connectivity index (χ2n) is 4.79. The third-order valence-corrected chi connectivity index (χ3v) is 2.77. The molecular weight excluding hydrogens is 328 g/mol. The van der Waals surface area contributed by atoms with Crippen molar-refractivity contribution in [2.45, 2.75) is 20.3 Å². The van der Waals surface area contributed by atoms with Crippen molar-refractivity contribution in [2.24, 2.45) is 0 Å². The fraction of sp³-hybridized carbons (Fsp3) is 0.222. The van der Waals surface area contributed by atoms with Crippen LogP contribution in [0.15, 0.2) is 36.9 Å². The van der Waals surface area contributed by atoms with Gasteiger partial charge in [-0.1, -0.05) is 30.3 Å². The van der Waals surface area contributed by atoms with Gasteiger partial charge < -0.3 is 25.2 Å². The molecule has 0 saturated carbocycles. The summed E-state index contributed by atoms with van der Waals surface area (Å²) in [6.07, 6.45) is 2.30. The van der Waals surface area contributed by atoms with E-state index >= 15 is 0 Å². The first kappa shape index (κ1) is 21.8. The first-order chi connectivity index (χ1) is 11.7. The quantitative estimate of drug-likeness (QED) is 0.495. The maximum Gasteiger partial charge on any atom is 0.300 e. The largest absolute Gasteiger partial charge is 0.504 e. The average Bonchev–Trinajstić information content (AvgIpc) is 2.52. The zero-order valence-electron chi connectivity index (χ0n) is 14.3. The highest BCUT2D eigenvalue weighted by Crippen LogP contribution is 2.45. The molecule has 0 saturated heterocycles. The number of carboxylic acid groups (broad SMARTS) is 2. The number of hydrogen-bond donors (Lipinski definition) is 4. The predicted octanol–water partition coefficient (Wildman–Crippen LogP) is 3.17. The Hall–Kier alpha value is -3.22. The normalized spacial score (nSPS) is 9.08. The number of ether oxygens (including phenoxy) is 1. The molecule has 4 N–H and O–H groups in total. The van der Waals surface area contributed by atoms with E-state index in [4.69, 9.17) is 24.5 Å². The number of methoxy groups -OCH3 is 1. The van der Waals surface area contributed by atoms with Gasteiger partial charge in [0.2, 0.25) is 5.75 Å². The van der Waals surface area contributed by atoms with Gasteiger partial charge in [0.05, 0.1) is 7.11 Å². The van der Waals surface area contributed by atoms with Gasteiger partial charge in [-0.2, -0.15) is 0 Å². The molecule has 2 rings (SSSR count). The number of hydrogen-bond acceptors (Lipinski definition) is 5. The molecule has 0 fully saturated rings. The van der Waals surface area contributed by atoms with Crippen LogP contribution in [0.5, 0.6) is 17.2 Å². The molecule has 7 nitrogen and oxygen atoms in total. The molecule has 2 aromatic rings. The highest BCUT2D eigenvalue weighted by Gasteiger charge is 2.17. The summed E-state index contributed by atoms with van der Waals surface area (Å²) < 4.78 is 5.16. The van der Waals surface area contributed by atoms with Gasteiger partial charge in [-0.15, -0.1) is 6.58 Å². The lowest BCUT2D eigenvalue weighted by molar-refractivity contribution is -0.135. The number of aliphatic carboxylic acids is 2. The number of benzene rings is 2. The highest BCUT2D eigenvalue weighted by molar-refractivity contribution is 5.95. The van der Waals surface area contributed by atoms with Gasteiger partial charge in [-0.05, 0) is 11.8 Å². The first-order valence-electron chi connectivity index (χ1n) is 7.16. The molecule has 25 heavy (non-hydrogen) atoms. The Morgan fingerprint density at radius 1 is 1.04 bits per heavy atom. The highest BCUT2D eigenvalue weighted by atomic mass is 16.5. The van der Waals surface area contributed by atoms with Crippen LogP contribution in [0.25, 0.3) is 10.8 Å². The summed E-state index contributed by atoms with van der Waals surface area (Å²) in [5, 5.41) is 36.1. The zero-order valence-corrected chi connectivity index (χ0v) is 14.3. The molecule has 0 unspecified atom stereocenters. The minimum absolute atomic E-state index is 0.148. The van der Waals surface area contributed by atoms with Crippen molar-refractivity contribution < 1.29 is 34.8 Å². The van der Waals surface area contributed by atoms with Gasteiger partial charge in [-0.3, -0.25) is 9.59 Å². The Morgan fingerprint density at radius 2 is 1.48 bits per heavy atom. The molecule has 0 spiro atoms. The van der Waals surface area contributed by atoms with E-state index in [0.29, 0.717) is 17.6 Å². The van der Waals surface area contributed by atoms with Crippen molar-refractivity contribution in [3.63, 3.8) is 0 Å². The minimum atomic E-state index is -0.833. The molecule has 0 aliphatic rings. The maximum absolute atomic E-state index is 9.91. The van der Waals surface area contributed by atoms with Crippen LogP contribution in [-0.4, -0.2) is 39.5 Å². The number of phenols is 2. The third kappa shape index (κ3) is 6.82. The summed E-state index contributed by atoms with van der Waals surface area (Å²) in [6, 6.07) is 7.34. The molecule has 2 aromatic carbocycles. The molecule has 7 heteroatoms. The van der Waals surface area contributed by atoms with Crippen LogP contribution in [0, 0.1) is 0 Å². The van der Waals surface area contributed by atoms with E-state index in [-0.39, 0.29) is 11.5 Å². The number of rotatable bonds is 3. The molecule has 0 heterocycles. The number of carbonyl (C=O) groups is 2. The van der Waals surface area contributed by atoms with Gasteiger partial charge >= 0.3 is 0 Å². The lowest BCUT2D eigenvalue weighted by atomic mass is 9.99. The lowest BCUT2D eigenvalue weighted by Gasteiger charge is -2.14. The first-order valence-corrected chi connectivity index (χ1v) is 7.16. The van der Waals surface area contributed by atoms with Crippen LogP contribution < -0.4 is 4.74 Å². The molecule has 0 aliphatic heterocycles. The molecule has 0 radical (unpaired) electrons. The summed E-state index contributed by atoms with van der Waals surface area (Å²) in [4.78, 5) is 18.0. The number of carboxylic acids is 2. The van der Waals surface area contributed by atoms with E-state index < -0.39 is 11.9 Å². The molecule has 0 aromatic heterocycles. The monoisotopic (exact) mass is 350 g/mol. The third-order valence-electron chi connectivity index (χ3n) is 2.77. The van der Waals surface area contributed by atoms with Crippen LogP contribution in [0.4, 0.5) is 0 Å². The molecule has 0 amide bonds. The van der Waals surface area contributed by atoms with Crippen LogP contribution in [-0.2, 0) is 16.0 Å². The standard InChI is InChI=1S/C14H14O3.2C2H4O2/c1-3-6-11-9-7-4-5-8-10(9)12(15)13(16)14(11)17-2;2*1-2(3)4/h3-5,7-8,15-16H,1,6H2,2H3;2*1H3,(H,3,4). The van der Waals surface area contributed by atoms with E-state index in [1.807, 2.05) is 18.2 Å². The Balaban J connectivity index is 0.000000609. The van der Waals surface area contributed by atoms with Crippen molar-refractivity contribution in [3.05, 3.63) is 42.5 Å². The molecule has 0 atom stereocenters. The van der Waals surface area contributed by atoms with Crippen molar-refractivity contribution >= 4 is 22.7 Å². The fourth-order valence-electron chi connectivity index (χ4n) is 2.02. The van der Waals surface area contributed by atoms with Gasteiger partial charge in [0, 0.05) is 24.8 Å². The van der Waals surface area contributed by atoms with Crippen molar-refractivity contribution in [3.8, 4) is 17.2 Å². The molecule has 136 valence electrons. The van der Waals surface area contributed by atoms with E-state index in [0.717, 1.165) is 24.8 Å². The zero-order chi connectivity index (χ0) is 19.6. The van der Waals surface area contributed by atoms with Gasteiger partial charge in [0.15, 0.2) is 11.5 Å². The van der Waals surface area contributed by atoms with Crippen molar-refractivity contribution in [2.75, 3.05) is 7.11 Å². The van der Waals surface area contributed by atoms with E-state index in [1.165, 1.54) is 7.11 Å². The fourth-order valence-corrected chi connectivity index (χ4v) is 2.02. The van der Waals surface area contributed by atoms with Crippen LogP contribution in [0.2, 0.25) is 0 Å². The minimum Gasteiger partial charge on any atom is -0.504 e.